The Morgan fingerprint density at radius 2 is 1.96 bits per heavy atom. The molecule has 0 saturated heterocycles. The minimum atomic E-state index is 0.0259. The number of hydrogen-bond acceptors (Lipinski definition) is 3. The number of halogens is 1. The van der Waals surface area contributed by atoms with Crippen LogP contribution in [-0.4, -0.2) is 10.9 Å². The minimum absolute atomic E-state index is 0.0259. The van der Waals surface area contributed by atoms with E-state index in [0.717, 1.165) is 23.2 Å². The average molecular weight is 357 g/mol. The summed E-state index contributed by atoms with van der Waals surface area (Å²) in [4.78, 5) is 16.5. The van der Waals surface area contributed by atoms with Crippen LogP contribution in [0.25, 0.3) is 11.1 Å². The Labute approximate surface area is 152 Å². The van der Waals surface area contributed by atoms with Crippen LogP contribution in [0.4, 0.5) is 5.69 Å². The fraction of sp³-hybridized carbons (Fsp3) is 0.300. The second-order valence-corrected chi connectivity index (χ2v) is 7.01. The molecule has 0 fully saturated rings. The van der Waals surface area contributed by atoms with E-state index in [0.29, 0.717) is 35.3 Å². The van der Waals surface area contributed by atoms with Gasteiger partial charge in [0.25, 0.3) is 0 Å². The van der Waals surface area contributed by atoms with Crippen LogP contribution < -0.4 is 5.32 Å². The number of anilines is 1. The van der Waals surface area contributed by atoms with Crippen molar-refractivity contribution in [2.75, 3.05) is 5.32 Å². The molecule has 0 bridgehead atoms. The van der Waals surface area contributed by atoms with Crippen molar-refractivity contribution in [2.45, 2.75) is 33.1 Å². The van der Waals surface area contributed by atoms with E-state index in [1.807, 2.05) is 42.5 Å². The van der Waals surface area contributed by atoms with E-state index in [2.05, 4.69) is 24.1 Å². The molecule has 0 spiro atoms. The summed E-state index contributed by atoms with van der Waals surface area (Å²) in [6, 6.07) is 13.1. The van der Waals surface area contributed by atoms with Gasteiger partial charge in [0, 0.05) is 23.6 Å². The Morgan fingerprint density at radius 3 is 2.68 bits per heavy atom. The first-order valence-corrected chi connectivity index (χ1v) is 8.81. The minimum Gasteiger partial charge on any atom is -0.440 e. The Bertz CT molecular complexity index is 869. The van der Waals surface area contributed by atoms with Crippen LogP contribution in [0.2, 0.25) is 5.02 Å². The van der Waals surface area contributed by atoms with E-state index in [1.165, 1.54) is 0 Å². The number of benzene rings is 2. The first kappa shape index (κ1) is 17.5. The number of carbonyl (C=O) groups is 1. The summed E-state index contributed by atoms with van der Waals surface area (Å²) in [5.41, 5.74) is 3.28. The van der Waals surface area contributed by atoms with Gasteiger partial charge in [0.05, 0.1) is 0 Å². The van der Waals surface area contributed by atoms with Crippen molar-refractivity contribution in [3.05, 3.63) is 58.9 Å². The molecule has 1 aromatic heterocycles. The van der Waals surface area contributed by atoms with Gasteiger partial charge in [-0.15, -0.1) is 0 Å². The summed E-state index contributed by atoms with van der Waals surface area (Å²) in [7, 11) is 0. The van der Waals surface area contributed by atoms with Crippen molar-refractivity contribution in [3.8, 4) is 0 Å². The maximum Gasteiger partial charge on any atom is 0.224 e. The van der Waals surface area contributed by atoms with Crippen LogP contribution in [0.3, 0.4) is 0 Å². The lowest BCUT2D eigenvalue weighted by atomic mass is 10.1. The maximum atomic E-state index is 12.0. The quantitative estimate of drug-likeness (QED) is 0.639. The van der Waals surface area contributed by atoms with E-state index in [4.69, 9.17) is 16.0 Å². The van der Waals surface area contributed by atoms with Gasteiger partial charge in [0.1, 0.15) is 5.52 Å². The highest BCUT2D eigenvalue weighted by Gasteiger charge is 2.09. The average Bonchev–Trinajstić information content (AvgIpc) is 2.96. The van der Waals surface area contributed by atoms with Crippen molar-refractivity contribution in [3.63, 3.8) is 0 Å². The molecule has 3 rings (SSSR count). The lowest BCUT2D eigenvalue weighted by Crippen LogP contribution is -2.12. The number of rotatable bonds is 6. The zero-order valence-corrected chi connectivity index (χ0v) is 15.1. The molecule has 5 heteroatoms. The van der Waals surface area contributed by atoms with E-state index in [9.17, 15) is 4.79 Å². The van der Waals surface area contributed by atoms with E-state index in [-0.39, 0.29) is 5.91 Å². The zero-order chi connectivity index (χ0) is 17.8. The molecule has 1 N–H and O–H groups in total. The lowest BCUT2D eigenvalue weighted by molar-refractivity contribution is -0.116. The molecule has 3 aromatic rings. The first-order chi connectivity index (χ1) is 12.0. The SMILES string of the molecule is CC(C)CCC(=O)Nc1ccc2oc(Cc3ccc(Cl)cc3)nc2c1. The largest absolute Gasteiger partial charge is 0.440 e. The number of carbonyl (C=O) groups excluding carboxylic acids is 1. The van der Waals surface area contributed by atoms with Crippen molar-refractivity contribution >= 4 is 34.3 Å². The van der Waals surface area contributed by atoms with E-state index >= 15 is 0 Å². The van der Waals surface area contributed by atoms with Gasteiger partial charge in [0.2, 0.25) is 5.91 Å². The van der Waals surface area contributed by atoms with Gasteiger partial charge in [-0.1, -0.05) is 37.6 Å². The Kier molecular flexibility index (Phi) is 5.39. The molecule has 0 atom stereocenters. The maximum absolute atomic E-state index is 12.0. The summed E-state index contributed by atoms with van der Waals surface area (Å²) in [6.07, 6.45) is 2.00. The van der Waals surface area contributed by atoms with Crippen LogP contribution in [0.5, 0.6) is 0 Å². The summed E-state index contributed by atoms with van der Waals surface area (Å²) < 4.78 is 5.78. The fourth-order valence-electron chi connectivity index (χ4n) is 2.55. The number of nitrogens with zero attached hydrogens (tertiary/aromatic N) is 1. The molecule has 4 nitrogen and oxygen atoms in total. The topological polar surface area (TPSA) is 55.1 Å². The Morgan fingerprint density at radius 1 is 1.20 bits per heavy atom. The molecule has 2 aromatic carbocycles. The van der Waals surface area contributed by atoms with Gasteiger partial charge in [0.15, 0.2) is 11.5 Å². The third-order valence-electron chi connectivity index (χ3n) is 3.93. The van der Waals surface area contributed by atoms with Crippen molar-refractivity contribution in [2.24, 2.45) is 5.92 Å². The standard InChI is InChI=1S/C20H21ClN2O2/c1-13(2)3-10-19(24)22-16-8-9-18-17(12-16)23-20(25-18)11-14-4-6-15(21)7-5-14/h4-9,12-13H,3,10-11H2,1-2H3,(H,22,24). The normalized spacial score (nSPS) is 11.2. The fourth-order valence-corrected chi connectivity index (χ4v) is 2.67. The summed E-state index contributed by atoms with van der Waals surface area (Å²) >= 11 is 5.90. The zero-order valence-electron chi connectivity index (χ0n) is 14.4. The second kappa shape index (κ2) is 7.70. The number of hydrogen-bond donors (Lipinski definition) is 1. The van der Waals surface area contributed by atoms with Gasteiger partial charge in [-0.25, -0.2) is 4.98 Å². The summed E-state index contributed by atoms with van der Waals surface area (Å²) in [6.45, 7) is 4.22. The molecule has 130 valence electrons. The number of amides is 1. The highest BCUT2D eigenvalue weighted by Crippen LogP contribution is 2.22. The van der Waals surface area contributed by atoms with E-state index < -0.39 is 0 Å². The lowest BCUT2D eigenvalue weighted by Gasteiger charge is -2.06. The Balaban J connectivity index is 1.70. The van der Waals surface area contributed by atoms with Crippen molar-refractivity contribution < 1.29 is 9.21 Å². The summed E-state index contributed by atoms with van der Waals surface area (Å²) in [5, 5.41) is 3.63. The summed E-state index contributed by atoms with van der Waals surface area (Å²) in [5.74, 6) is 1.18. The van der Waals surface area contributed by atoms with Gasteiger partial charge in [-0.3, -0.25) is 4.79 Å². The van der Waals surface area contributed by atoms with Crippen LogP contribution in [0.15, 0.2) is 46.9 Å². The highest BCUT2D eigenvalue weighted by molar-refractivity contribution is 6.30. The predicted octanol–water partition coefficient (Wildman–Crippen LogP) is 5.45. The molecule has 0 aliphatic rings. The third-order valence-corrected chi connectivity index (χ3v) is 4.18. The smallest absolute Gasteiger partial charge is 0.224 e. The van der Waals surface area contributed by atoms with Crippen LogP contribution in [-0.2, 0) is 11.2 Å². The molecule has 0 radical (unpaired) electrons. The van der Waals surface area contributed by atoms with Gasteiger partial charge >= 0.3 is 0 Å². The van der Waals surface area contributed by atoms with Gasteiger partial charge in [-0.05, 0) is 48.2 Å². The molecular weight excluding hydrogens is 336 g/mol. The van der Waals surface area contributed by atoms with Crippen molar-refractivity contribution in [1.29, 1.82) is 0 Å². The second-order valence-electron chi connectivity index (χ2n) is 6.57. The molecule has 0 unspecified atom stereocenters. The number of aromatic nitrogens is 1. The highest BCUT2D eigenvalue weighted by atomic mass is 35.5. The first-order valence-electron chi connectivity index (χ1n) is 8.43. The Hall–Kier alpha value is -2.33. The number of nitrogens with one attached hydrogen (secondary N) is 1. The van der Waals surface area contributed by atoms with Gasteiger partial charge in [-0.2, -0.15) is 0 Å². The van der Waals surface area contributed by atoms with Crippen LogP contribution >= 0.6 is 11.6 Å². The van der Waals surface area contributed by atoms with E-state index in [1.54, 1.807) is 0 Å². The predicted molar refractivity (Wildman–Crippen MR) is 101 cm³/mol. The van der Waals surface area contributed by atoms with Crippen LogP contribution in [0.1, 0.15) is 38.1 Å². The molecule has 0 aliphatic heterocycles. The third kappa shape index (κ3) is 4.83. The molecular formula is C20H21ClN2O2. The molecule has 1 amide bonds. The van der Waals surface area contributed by atoms with Crippen molar-refractivity contribution in [1.82, 2.24) is 4.98 Å². The molecule has 1 heterocycles. The molecule has 0 aliphatic carbocycles. The van der Waals surface area contributed by atoms with Gasteiger partial charge < -0.3 is 9.73 Å². The number of fused-ring (bicyclic) bond motifs is 1. The molecule has 0 saturated carbocycles. The molecule has 25 heavy (non-hydrogen) atoms. The number of oxazole rings is 1. The van der Waals surface area contributed by atoms with Crippen LogP contribution in [0, 0.1) is 5.92 Å². The monoisotopic (exact) mass is 356 g/mol.